The SMILES string of the molecule is Cc1ccc(OC2CCOC2=O)c(CO)c1. The van der Waals surface area contributed by atoms with Crippen LogP contribution in [0.1, 0.15) is 17.5 Å². The molecule has 1 atom stereocenters. The van der Waals surface area contributed by atoms with Gasteiger partial charge in [-0.05, 0) is 13.0 Å². The first kappa shape index (κ1) is 11.0. The maximum atomic E-state index is 11.2. The molecule has 0 aromatic heterocycles. The van der Waals surface area contributed by atoms with Crippen molar-refractivity contribution >= 4 is 5.97 Å². The summed E-state index contributed by atoms with van der Waals surface area (Å²) in [5.74, 6) is 0.224. The molecule has 1 aromatic carbocycles. The summed E-state index contributed by atoms with van der Waals surface area (Å²) in [5.41, 5.74) is 1.74. The quantitative estimate of drug-likeness (QED) is 0.780. The summed E-state index contributed by atoms with van der Waals surface area (Å²) in [4.78, 5) is 11.2. The van der Waals surface area contributed by atoms with Crippen molar-refractivity contribution in [1.29, 1.82) is 0 Å². The summed E-state index contributed by atoms with van der Waals surface area (Å²) in [6, 6.07) is 5.50. The predicted molar refractivity (Wildman–Crippen MR) is 57.1 cm³/mol. The van der Waals surface area contributed by atoms with E-state index < -0.39 is 6.10 Å². The van der Waals surface area contributed by atoms with Crippen LogP contribution in [0.5, 0.6) is 5.75 Å². The smallest absolute Gasteiger partial charge is 0.347 e. The monoisotopic (exact) mass is 222 g/mol. The van der Waals surface area contributed by atoms with Crippen LogP contribution in [0.3, 0.4) is 0 Å². The fourth-order valence-corrected chi connectivity index (χ4v) is 1.68. The minimum Gasteiger partial charge on any atom is -0.478 e. The first-order valence-electron chi connectivity index (χ1n) is 5.24. The van der Waals surface area contributed by atoms with Gasteiger partial charge in [0.25, 0.3) is 0 Å². The largest absolute Gasteiger partial charge is 0.478 e. The molecule has 16 heavy (non-hydrogen) atoms. The molecule has 1 saturated heterocycles. The van der Waals surface area contributed by atoms with Gasteiger partial charge >= 0.3 is 5.97 Å². The molecule has 4 nitrogen and oxygen atoms in total. The number of carbonyl (C=O) groups is 1. The van der Waals surface area contributed by atoms with Gasteiger partial charge in [-0.3, -0.25) is 0 Å². The van der Waals surface area contributed by atoms with E-state index in [9.17, 15) is 9.90 Å². The number of ether oxygens (including phenoxy) is 2. The highest BCUT2D eigenvalue weighted by Crippen LogP contribution is 2.23. The summed E-state index contributed by atoms with van der Waals surface area (Å²) in [6.07, 6.45) is 0.0328. The average molecular weight is 222 g/mol. The second-order valence-electron chi connectivity index (χ2n) is 3.83. The molecule has 1 unspecified atom stereocenters. The molecule has 4 heteroatoms. The topological polar surface area (TPSA) is 55.8 Å². The highest BCUT2D eigenvalue weighted by molar-refractivity contribution is 5.76. The lowest BCUT2D eigenvalue weighted by atomic mass is 10.1. The fourth-order valence-electron chi connectivity index (χ4n) is 1.68. The predicted octanol–water partition coefficient (Wildman–Crippen LogP) is 1.18. The molecular weight excluding hydrogens is 208 g/mol. The van der Waals surface area contributed by atoms with Crippen molar-refractivity contribution in [3.05, 3.63) is 29.3 Å². The zero-order valence-electron chi connectivity index (χ0n) is 9.10. The number of esters is 1. The van der Waals surface area contributed by atoms with Gasteiger partial charge in [0.2, 0.25) is 0 Å². The summed E-state index contributed by atoms with van der Waals surface area (Å²) in [7, 11) is 0. The Morgan fingerprint density at radius 3 is 3.00 bits per heavy atom. The standard InChI is InChI=1S/C12H14O4/c1-8-2-3-10(9(6-8)7-13)16-11-4-5-15-12(11)14/h2-3,6,11,13H,4-5,7H2,1H3. The van der Waals surface area contributed by atoms with E-state index in [0.717, 1.165) is 5.56 Å². The van der Waals surface area contributed by atoms with Gasteiger partial charge in [0.05, 0.1) is 13.2 Å². The Hall–Kier alpha value is -1.55. The van der Waals surface area contributed by atoms with Gasteiger partial charge < -0.3 is 14.6 Å². The minimum absolute atomic E-state index is 0.0984. The van der Waals surface area contributed by atoms with Crippen molar-refractivity contribution in [3.8, 4) is 5.75 Å². The van der Waals surface area contributed by atoms with E-state index in [1.807, 2.05) is 19.1 Å². The number of aliphatic hydroxyl groups excluding tert-OH is 1. The lowest BCUT2D eigenvalue weighted by Gasteiger charge is -2.13. The van der Waals surface area contributed by atoms with Crippen LogP contribution in [-0.4, -0.2) is 23.8 Å². The van der Waals surface area contributed by atoms with Crippen LogP contribution in [-0.2, 0) is 16.1 Å². The van der Waals surface area contributed by atoms with Crippen LogP contribution in [0, 0.1) is 6.92 Å². The van der Waals surface area contributed by atoms with Gasteiger partial charge in [-0.2, -0.15) is 0 Å². The van der Waals surface area contributed by atoms with Gasteiger partial charge in [-0.25, -0.2) is 4.79 Å². The van der Waals surface area contributed by atoms with Crippen LogP contribution < -0.4 is 4.74 Å². The molecule has 0 radical (unpaired) electrons. The molecule has 1 aliphatic heterocycles. The second-order valence-corrected chi connectivity index (χ2v) is 3.83. The Balaban J connectivity index is 2.17. The number of cyclic esters (lactones) is 1. The number of aryl methyl sites for hydroxylation is 1. The minimum atomic E-state index is -0.534. The molecule has 0 aliphatic carbocycles. The van der Waals surface area contributed by atoms with E-state index in [1.165, 1.54) is 0 Å². The molecule has 86 valence electrons. The average Bonchev–Trinajstić information content (AvgIpc) is 2.67. The van der Waals surface area contributed by atoms with Gasteiger partial charge in [0.1, 0.15) is 5.75 Å². The van der Waals surface area contributed by atoms with Crippen LogP contribution in [0.25, 0.3) is 0 Å². The normalized spacial score (nSPS) is 19.6. The van der Waals surface area contributed by atoms with Crippen molar-refractivity contribution in [2.24, 2.45) is 0 Å². The van der Waals surface area contributed by atoms with Crippen LogP contribution in [0.2, 0.25) is 0 Å². The van der Waals surface area contributed by atoms with Gasteiger partial charge in [0.15, 0.2) is 6.10 Å². The molecule has 0 saturated carbocycles. The molecule has 0 bridgehead atoms. The first-order valence-corrected chi connectivity index (χ1v) is 5.24. The van der Waals surface area contributed by atoms with Crippen molar-refractivity contribution in [1.82, 2.24) is 0 Å². The first-order chi connectivity index (χ1) is 7.70. The number of rotatable bonds is 3. The zero-order chi connectivity index (χ0) is 11.5. The Kier molecular flexibility index (Phi) is 3.10. The summed E-state index contributed by atoms with van der Waals surface area (Å²) >= 11 is 0. The van der Waals surface area contributed by atoms with E-state index >= 15 is 0 Å². The molecule has 1 fully saturated rings. The van der Waals surface area contributed by atoms with Crippen molar-refractivity contribution in [2.45, 2.75) is 26.1 Å². The Morgan fingerprint density at radius 2 is 2.38 bits per heavy atom. The number of hydrogen-bond acceptors (Lipinski definition) is 4. The molecule has 1 aromatic rings. The Bertz CT molecular complexity index is 400. The van der Waals surface area contributed by atoms with Crippen LogP contribution >= 0.6 is 0 Å². The lowest BCUT2D eigenvalue weighted by molar-refractivity contribution is -0.143. The van der Waals surface area contributed by atoms with Crippen LogP contribution in [0.15, 0.2) is 18.2 Å². The molecule has 0 amide bonds. The Labute approximate surface area is 93.8 Å². The van der Waals surface area contributed by atoms with E-state index in [4.69, 9.17) is 9.47 Å². The van der Waals surface area contributed by atoms with Crippen molar-refractivity contribution < 1.29 is 19.4 Å². The van der Waals surface area contributed by atoms with Gasteiger partial charge in [-0.1, -0.05) is 17.7 Å². The van der Waals surface area contributed by atoms with Gasteiger partial charge in [-0.15, -0.1) is 0 Å². The summed E-state index contributed by atoms with van der Waals surface area (Å²) < 4.78 is 10.3. The highest BCUT2D eigenvalue weighted by atomic mass is 16.6. The second kappa shape index (κ2) is 4.53. The number of hydrogen-bond donors (Lipinski definition) is 1. The third kappa shape index (κ3) is 2.17. The summed E-state index contributed by atoms with van der Waals surface area (Å²) in [6.45, 7) is 2.25. The fraction of sp³-hybridized carbons (Fsp3) is 0.417. The lowest BCUT2D eigenvalue weighted by Crippen LogP contribution is -2.22. The number of aliphatic hydroxyl groups is 1. The van der Waals surface area contributed by atoms with E-state index in [2.05, 4.69) is 0 Å². The zero-order valence-corrected chi connectivity index (χ0v) is 9.10. The number of benzene rings is 1. The third-order valence-electron chi connectivity index (χ3n) is 2.54. The molecule has 1 aliphatic rings. The molecule has 0 spiro atoms. The van der Waals surface area contributed by atoms with E-state index in [1.54, 1.807) is 6.07 Å². The van der Waals surface area contributed by atoms with Crippen LogP contribution in [0.4, 0.5) is 0 Å². The molecule has 2 rings (SSSR count). The molecule has 1 heterocycles. The molecule has 1 N–H and O–H groups in total. The molecular formula is C12H14O4. The van der Waals surface area contributed by atoms with E-state index in [-0.39, 0.29) is 12.6 Å². The maximum absolute atomic E-state index is 11.2. The third-order valence-corrected chi connectivity index (χ3v) is 2.54. The summed E-state index contributed by atoms with van der Waals surface area (Å²) in [5, 5.41) is 9.19. The van der Waals surface area contributed by atoms with Gasteiger partial charge in [0, 0.05) is 12.0 Å². The van der Waals surface area contributed by atoms with E-state index in [0.29, 0.717) is 24.3 Å². The maximum Gasteiger partial charge on any atom is 0.347 e. The van der Waals surface area contributed by atoms with Crippen molar-refractivity contribution in [3.63, 3.8) is 0 Å². The number of carbonyl (C=O) groups excluding carboxylic acids is 1. The van der Waals surface area contributed by atoms with Crippen molar-refractivity contribution in [2.75, 3.05) is 6.61 Å². The highest BCUT2D eigenvalue weighted by Gasteiger charge is 2.28. The Morgan fingerprint density at radius 1 is 1.56 bits per heavy atom.